The van der Waals surface area contributed by atoms with E-state index in [0.29, 0.717) is 13.2 Å². The summed E-state index contributed by atoms with van der Waals surface area (Å²) in [5.74, 6) is 1.79. The van der Waals surface area contributed by atoms with Crippen molar-refractivity contribution < 1.29 is 19.0 Å². The molecular formula is C24H32N2O4. The molecule has 0 fully saturated rings. The van der Waals surface area contributed by atoms with Crippen molar-refractivity contribution >= 4 is 6.09 Å². The van der Waals surface area contributed by atoms with E-state index >= 15 is 0 Å². The average molecular weight is 413 g/mol. The van der Waals surface area contributed by atoms with Crippen LogP contribution in [-0.4, -0.2) is 35.7 Å². The van der Waals surface area contributed by atoms with Crippen molar-refractivity contribution in [3.8, 4) is 11.5 Å². The van der Waals surface area contributed by atoms with Crippen molar-refractivity contribution in [3.05, 3.63) is 52.8 Å². The Labute approximate surface area is 179 Å². The molecule has 1 aliphatic rings. The van der Waals surface area contributed by atoms with Crippen molar-refractivity contribution in [1.29, 1.82) is 0 Å². The largest absolute Gasteiger partial charge is 0.495 e. The molecule has 1 aromatic carbocycles. The molecule has 162 valence electrons. The number of aromatic nitrogens is 1. The first-order valence-corrected chi connectivity index (χ1v) is 10.5. The molecule has 1 aliphatic heterocycles. The number of hydrogen-bond acceptors (Lipinski definition) is 5. The number of nitrogens with zero attached hydrogens (tertiary/aromatic N) is 2. The third kappa shape index (κ3) is 4.86. The van der Waals surface area contributed by atoms with Gasteiger partial charge in [-0.1, -0.05) is 19.9 Å². The fourth-order valence-corrected chi connectivity index (χ4v) is 3.96. The predicted molar refractivity (Wildman–Crippen MR) is 116 cm³/mol. The van der Waals surface area contributed by atoms with Gasteiger partial charge in [0.1, 0.15) is 23.8 Å². The molecule has 2 aromatic rings. The van der Waals surface area contributed by atoms with Gasteiger partial charge in [0, 0.05) is 12.2 Å². The van der Waals surface area contributed by atoms with Gasteiger partial charge in [0.25, 0.3) is 0 Å². The van der Waals surface area contributed by atoms with Gasteiger partial charge < -0.3 is 19.1 Å². The molecule has 0 N–H and O–H groups in total. The predicted octanol–water partition coefficient (Wildman–Crippen LogP) is 5.08. The summed E-state index contributed by atoms with van der Waals surface area (Å²) in [6.45, 7) is 10.9. The van der Waals surface area contributed by atoms with E-state index in [-0.39, 0.29) is 24.2 Å². The number of ether oxygens (including phenoxy) is 3. The van der Waals surface area contributed by atoms with Crippen molar-refractivity contribution in [3.63, 3.8) is 0 Å². The summed E-state index contributed by atoms with van der Waals surface area (Å²) in [6.07, 6.45) is 0.400. The van der Waals surface area contributed by atoms with Crippen LogP contribution in [0.25, 0.3) is 0 Å². The van der Waals surface area contributed by atoms with E-state index in [4.69, 9.17) is 14.2 Å². The van der Waals surface area contributed by atoms with Crippen LogP contribution in [0.15, 0.2) is 30.3 Å². The molecule has 6 nitrogen and oxygen atoms in total. The Bertz CT molecular complexity index is 895. The summed E-state index contributed by atoms with van der Waals surface area (Å²) in [7, 11) is 1.64. The zero-order valence-electron chi connectivity index (χ0n) is 18.8. The van der Waals surface area contributed by atoms with Gasteiger partial charge >= 0.3 is 6.09 Å². The minimum absolute atomic E-state index is 0.00687. The third-order valence-corrected chi connectivity index (χ3v) is 5.26. The molecule has 0 saturated heterocycles. The summed E-state index contributed by atoms with van der Waals surface area (Å²) in [5.41, 5.74) is 4.07. The molecule has 1 atom stereocenters. The number of pyridine rings is 1. The van der Waals surface area contributed by atoms with E-state index < -0.39 is 0 Å². The molecule has 0 spiro atoms. The highest BCUT2D eigenvalue weighted by atomic mass is 16.6. The number of carbonyl (C=O) groups excluding carboxylic acids is 1. The summed E-state index contributed by atoms with van der Waals surface area (Å²) in [5, 5.41) is 0. The zero-order chi connectivity index (χ0) is 21.8. The van der Waals surface area contributed by atoms with Gasteiger partial charge in [-0.05, 0) is 68.5 Å². The Morgan fingerprint density at radius 3 is 2.63 bits per heavy atom. The Morgan fingerprint density at radius 1 is 1.20 bits per heavy atom. The van der Waals surface area contributed by atoms with Crippen LogP contribution < -0.4 is 9.47 Å². The van der Waals surface area contributed by atoms with Crippen LogP contribution in [0.3, 0.4) is 0 Å². The normalized spacial score (nSPS) is 15.9. The van der Waals surface area contributed by atoms with Crippen LogP contribution in [0, 0.1) is 12.8 Å². The summed E-state index contributed by atoms with van der Waals surface area (Å²) in [6, 6.07) is 9.94. The van der Waals surface area contributed by atoms with E-state index in [9.17, 15) is 4.79 Å². The van der Waals surface area contributed by atoms with Gasteiger partial charge in [-0.25, -0.2) is 4.79 Å². The number of aryl methyl sites for hydroxylation is 1. The minimum atomic E-state index is -0.243. The fraction of sp³-hybridized carbons (Fsp3) is 0.500. The van der Waals surface area contributed by atoms with Gasteiger partial charge in [-0.3, -0.25) is 4.98 Å². The molecule has 30 heavy (non-hydrogen) atoms. The topological polar surface area (TPSA) is 60.9 Å². The maximum atomic E-state index is 12.6. The lowest BCUT2D eigenvalue weighted by molar-refractivity contribution is 0.0514. The number of benzene rings is 1. The maximum absolute atomic E-state index is 12.6. The quantitative estimate of drug-likeness (QED) is 0.662. The molecule has 3 rings (SSSR count). The lowest BCUT2D eigenvalue weighted by Gasteiger charge is -2.39. The van der Waals surface area contributed by atoms with Crippen molar-refractivity contribution in [2.24, 2.45) is 5.92 Å². The third-order valence-electron chi connectivity index (χ3n) is 5.26. The number of rotatable bonds is 6. The first-order chi connectivity index (χ1) is 14.3. The zero-order valence-corrected chi connectivity index (χ0v) is 18.8. The summed E-state index contributed by atoms with van der Waals surface area (Å²) in [4.78, 5) is 19.0. The molecular weight excluding hydrogens is 380 g/mol. The fourth-order valence-electron chi connectivity index (χ4n) is 3.96. The van der Waals surface area contributed by atoms with Crippen molar-refractivity contribution in [2.45, 2.75) is 59.8 Å². The smallest absolute Gasteiger partial charge is 0.410 e. The van der Waals surface area contributed by atoms with Crippen molar-refractivity contribution in [1.82, 2.24) is 9.88 Å². The summed E-state index contributed by atoms with van der Waals surface area (Å²) >= 11 is 0. The van der Waals surface area contributed by atoms with Gasteiger partial charge in [0.2, 0.25) is 0 Å². The van der Waals surface area contributed by atoms with Gasteiger partial charge in [-0.15, -0.1) is 0 Å². The van der Waals surface area contributed by atoms with Gasteiger partial charge in [0.15, 0.2) is 0 Å². The maximum Gasteiger partial charge on any atom is 0.410 e. The Kier molecular flexibility index (Phi) is 6.85. The molecule has 1 amide bonds. The molecule has 0 saturated carbocycles. The lowest BCUT2D eigenvalue weighted by Crippen LogP contribution is -2.43. The second-order valence-electron chi connectivity index (χ2n) is 8.32. The van der Waals surface area contributed by atoms with E-state index in [2.05, 4.69) is 31.0 Å². The SMILES string of the molecule is COc1ccc(C)nc1COc1ccc2c(c1)CCN(C(=O)OC(C)C)C2C(C)C. The first kappa shape index (κ1) is 21.9. The van der Waals surface area contributed by atoms with Gasteiger partial charge in [0.05, 0.1) is 19.3 Å². The van der Waals surface area contributed by atoms with Crippen LogP contribution in [0.5, 0.6) is 11.5 Å². The highest BCUT2D eigenvalue weighted by molar-refractivity contribution is 5.69. The van der Waals surface area contributed by atoms with Crippen LogP contribution >= 0.6 is 0 Å². The molecule has 0 radical (unpaired) electrons. The second kappa shape index (κ2) is 9.37. The molecule has 6 heteroatoms. The number of carbonyl (C=O) groups is 1. The number of fused-ring (bicyclic) bond motifs is 1. The minimum Gasteiger partial charge on any atom is -0.495 e. The highest BCUT2D eigenvalue weighted by Gasteiger charge is 2.34. The van der Waals surface area contributed by atoms with E-state index in [0.717, 1.165) is 34.9 Å². The Hall–Kier alpha value is -2.76. The number of hydrogen-bond donors (Lipinski definition) is 0. The van der Waals surface area contributed by atoms with Crippen molar-refractivity contribution in [2.75, 3.05) is 13.7 Å². The monoisotopic (exact) mass is 412 g/mol. The first-order valence-electron chi connectivity index (χ1n) is 10.5. The van der Waals surface area contributed by atoms with E-state index in [1.807, 2.05) is 43.9 Å². The number of amides is 1. The average Bonchev–Trinajstić information content (AvgIpc) is 2.70. The number of methoxy groups -OCH3 is 1. The standard InChI is InChI=1S/C24H32N2O4/c1-15(2)23-20-9-8-19(29-14-21-22(28-6)10-7-17(5)25-21)13-18(20)11-12-26(23)24(27)30-16(3)4/h7-10,13,15-16,23H,11-12,14H2,1-6H3. The lowest BCUT2D eigenvalue weighted by atomic mass is 9.86. The molecule has 1 unspecified atom stereocenters. The molecule has 0 bridgehead atoms. The van der Waals surface area contributed by atoms with Crippen LogP contribution in [-0.2, 0) is 17.8 Å². The highest BCUT2D eigenvalue weighted by Crippen LogP contribution is 2.37. The van der Waals surface area contributed by atoms with Crippen LogP contribution in [0.1, 0.15) is 56.3 Å². The molecule has 1 aromatic heterocycles. The Balaban J connectivity index is 1.79. The molecule has 2 heterocycles. The summed E-state index contributed by atoms with van der Waals surface area (Å²) < 4.78 is 16.9. The van der Waals surface area contributed by atoms with Gasteiger partial charge in [-0.2, -0.15) is 0 Å². The van der Waals surface area contributed by atoms with E-state index in [1.165, 1.54) is 5.56 Å². The van der Waals surface area contributed by atoms with Crippen LogP contribution in [0.2, 0.25) is 0 Å². The van der Waals surface area contributed by atoms with Crippen LogP contribution in [0.4, 0.5) is 4.79 Å². The second-order valence-corrected chi connectivity index (χ2v) is 8.32. The van der Waals surface area contributed by atoms with E-state index in [1.54, 1.807) is 7.11 Å². The Morgan fingerprint density at radius 2 is 1.97 bits per heavy atom. The molecule has 0 aliphatic carbocycles.